The monoisotopic (exact) mass is 380 g/mol. The van der Waals surface area contributed by atoms with Crippen LogP contribution in [0.2, 0.25) is 18.1 Å². The van der Waals surface area contributed by atoms with Crippen molar-refractivity contribution in [2.45, 2.75) is 108 Å². The second-order valence-electron chi connectivity index (χ2n) is 10.1. The first-order chi connectivity index (χ1) is 11.8. The van der Waals surface area contributed by atoms with E-state index in [4.69, 9.17) is 13.9 Å². The number of hydrogen-bond donors (Lipinski definition) is 1. The molecule has 4 atom stereocenters. The summed E-state index contributed by atoms with van der Waals surface area (Å²) < 4.78 is 19.2. The molecule has 1 heterocycles. The van der Waals surface area contributed by atoms with Crippen LogP contribution in [-0.2, 0) is 13.9 Å². The highest BCUT2D eigenvalue weighted by atomic mass is 28.4. The van der Waals surface area contributed by atoms with E-state index in [1.165, 1.54) is 0 Å². The maximum absolute atomic E-state index is 11.4. The van der Waals surface area contributed by atoms with Crippen molar-refractivity contribution in [1.82, 2.24) is 0 Å². The van der Waals surface area contributed by atoms with Gasteiger partial charge in [0.25, 0.3) is 0 Å². The molecule has 0 spiro atoms. The summed E-state index contributed by atoms with van der Waals surface area (Å²) in [5, 5.41) is 11.5. The smallest absolute Gasteiger partial charge is 0.192 e. The molecule has 26 heavy (non-hydrogen) atoms. The summed E-state index contributed by atoms with van der Waals surface area (Å²) in [5.41, 5.74) is 0.183. The molecule has 5 heteroatoms. The van der Waals surface area contributed by atoms with Gasteiger partial charge in [0.1, 0.15) is 12.2 Å². The molecule has 4 nitrogen and oxygen atoms in total. The lowest BCUT2D eigenvalue weighted by Crippen LogP contribution is -2.52. The first kappa shape index (κ1) is 20.3. The topological polar surface area (TPSA) is 47.9 Å². The number of ether oxygens (including phenoxy) is 2. The Balaban J connectivity index is 1.97. The van der Waals surface area contributed by atoms with E-state index in [0.717, 1.165) is 24.8 Å². The number of rotatable bonds is 2. The van der Waals surface area contributed by atoms with Crippen LogP contribution in [-0.4, -0.2) is 43.1 Å². The highest BCUT2D eigenvalue weighted by molar-refractivity contribution is 6.74. The Morgan fingerprint density at radius 3 is 2.58 bits per heavy atom. The van der Waals surface area contributed by atoms with Gasteiger partial charge in [-0.2, -0.15) is 0 Å². The first-order valence-electron chi connectivity index (χ1n) is 9.98. The third-order valence-corrected chi connectivity index (χ3v) is 11.0. The molecule has 3 aliphatic rings. The van der Waals surface area contributed by atoms with E-state index in [-0.39, 0.29) is 23.4 Å². The van der Waals surface area contributed by atoms with Gasteiger partial charge < -0.3 is 19.0 Å². The standard InChI is InChI=1S/C21H36O4Si/c1-19(2,3)26(6,7)25-17-14-21(22)13-9-8-10-15(21)11-12-16-18(17)24-20(4,5)23-16/h10-12,16-18,22H,8-9,13-14H2,1-7H3/b12-11-/t16-,17+,18-,21-/m1/s1. The Morgan fingerprint density at radius 2 is 1.92 bits per heavy atom. The van der Waals surface area contributed by atoms with Crippen molar-refractivity contribution in [3.8, 4) is 0 Å². The van der Waals surface area contributed by atoms with Crippen LogP contribution in [0.5, 0.6) is 0 Å². The van der Waals surface area contributed by atoms with E-state index in [1.54, 1.807) is 0 Å². The molecule has 0 aromatic heterocycles. The maximum atomic E-state index is 11.4. The summed E-state index contributed by atoms with van der Waals surface area (Å²) in [6.45, 7) is 15.2. The van der Waals surface area contributed by atoms with Gasteiger partial charge in [-0.15, -0.1) is 0 Å². The van der Waals surface area contributed by atoms with Crippen molar-refractivity contribution in [2.75, 3.05) is 0 Å². The molecule has 1 fully saturated rings. The summed E-state index contributed by atoms with van der Waals surface area (Å²) in [6, 6.07) is 0. The van der Waals surface area contributed by atoms with Gasteiger partial charge in [-0.25, -0.2) is 0 Å². The van der Waals surface area contributed by atoms with Crippen LogP contribution in [0.4, 0.5) is 0 Å². The van der Waals surface area contributed by atoms with Crippen molar-refractivity contribution < 1.29 is 19.0 Å². The van der Waals surface area contributed by atoms with Gasteiger partial charge in [0, 0.05) is 6.42 Å². The highest BCUT2D eigenvalue weighted by Crippen LogP contribution is 2.45. The van der Waals surface area contributed by atoms with Gasteiger partial charge in [-0.05, 0) is 56.8 Å². The molecular formula is C21H36O4Si. The Bertz CT molecular complexity index is 602. The van der Waals surface area contributed by atoms with Crippen LogP contribution in [0.3, 0.4) is 0 Å². The lowest BCUT2D eigenvalue weighted by molar-refractivity contribution is -0.155. The molecule has 1 N–H and O–H groups in total. The van der Waals surface area contributed by atoms with E-state index < -0.39 is 19.7 Å². The normalized spacial score (nSPS) is 38.6. The Hall–Kier alpha value is -0.463. The molecule has 1 saturated heterocycles. The molecule has 0 bridgehead atoms. The number of allylic oxidation sites excluding steroid dienone is 1. The summed E-state index contributed by atoms with van der Waals surface area (Å²) in [4.78, 5) is 0. The zero-order valence-corrected chi connectivity index (χ0v) is 18.5. The van der Waals surface area contributed by atoms with Gasteiger partial charge in [0.2, 0.25) is 0 Å². The zero-order valence-electron chi connectivity index (χ0n) is 17.5. The minimum Gasteiger partial charge on any atom is -0.411 e. The van der Waals surface area contributed by atoms with Gasteiger partial charge in [-0.1, -0.05) is 39.0 Å². The minimum atomic E-state index is -2.02. The van der Waals surface area contributed by atoms with E-state index in [2.05, 4.69) is 46.0 Å². The molecule has 0 saturated carbocycles. The summed E-state index contributed by atoms with van der Waals surface area (Å²) in [7, 11) is -2.02. The lowest BCUT2D eigenvalue weighted by atomic mass is 9.76. The molecule has 148 valence electrons. The molecule has 0 amide bonds. The van der Waals surface area contributed by atoms with Crippen LogP contribution in [0.15, 0.2) is 23.8 Å². The SMILES string of the molecule is CC1(C)O[C@H]2[C@@H](O[Si](C)(C)C(C)(C)C)C[C@]3(O)CCCC=C3/C=C\[C@H]2O1. The maximum Gasteiger partial charge on any atom is 0.192 e. The predicted molar refractivity (Wildman–Crippen MR) is 107 cm³/mol. The van der Waals surface area contributed by atoms with Gasteiger partial charge in [0.05, 0.1) is 11.7 Å². The van der Waals surface area contributed by atoms with Crippen molar-refractivity contribution in [1.29, 1.82) is 0 Å². The fraction of sp³-hybridized carbons (Fsp3) is 0.810. The van der Waals surface area contributed by atoms with Gasteiger partial charge in [-0.3, -0.25) is 0 Å². The fourth-order valence-corrected chi connectivity index (χ4v) is 5.32. The second-order valence-corrected chi connectivity index (χ2v) is 14.9. The summed E-state index contributed by atoms with van der Waals surface area (Å²) >= 11 is 0. The summed E-state index contributed by atoms with van der Waals surface area (Å²) in [5.74, 6) is -0.638. The van der Waals surface area contributed by atoms with Crippen LogP contribution in [0.1, 0.15) is 60.3 Å². The largest absolute Gasteiger partial charge is 0.411 e. The summed E-state index contributed by atoms with van der Waals surface area (Å²) in [6.07, 6.45) is 9.13. The second kappa shape index (κ2) is 6.56. The van der Waals surface area contributed by atoms with Crippen molar-refractivity contribution in [2.24, 2.45) is 0 Å². The van der Waals surface area contributed by atoms with E-state index in [0.29, 0.717) is 6.42 Å². The number of fused-ring (bicyclic) bond motifs is 2. The molecule has 3 rings (SSSR count). The minimum absolute atomic E-state index is 0.101. The third-order valence-electron chi connectivity index (χ3n) is 6.48. The van der Waals surface area contributed by atoms with Crippen LogP contribution < -0.4 is 0 Å². The lowest BCUT2D eigenvalue weighted by Gasteiger charge is -2.45. The van der Waals surface area contributed by atoms with Crippen molar-refractivity contribution in [3.05, 3.63) is 23.8 Å². The zero-order chi connectivity index (χ0) is 19.4. The van der Waals surface area contributed by atoms with Crippen LogP contribution in [0, 0.1) is 0 Å². The van der Waals surface area contributed by atoms with Crippen molar-refractivity contribution >= 4 is 8.32 Å². The molecule has 2 aliphatic carbocycles. The molecule has 0 unspecified atom stereocenters. The Kier molecular flexibility index (Phi) is 5.11. The number of aliphatic hydroxyl groups is 1. The highest BCUT2D eigenvalue weighted by Gasteiger charge is 2.51. The van der Waals surface area contributed by atoms with Crippen molar-refractivity contribution in [3.63, 3.8) is 0 Å². The van der Waals surface area contributed by atoms with Crippen LogP contribution >= 0.6 is 0 Å². The Morgan fingerprint density at radius 1 is 1.23 bits per heavy atom. The van der Waals surface area contributed by atoms with E-state index >= 15 is 0 Å². The van der Waals surface area contributed by atoms with E-state index in [1.807, 2.05) is 19.9 Å². The molecule has 0 aromatic rings. The van der Waals surface area contributed by atoms with Gasteiger partial charge in [0.15, 0.2) is 14.1 Å². The van der Waals surface area contributed by atoms with Crippen LogP contribution in [0.25, 0.3) is 0 Å². The average molecular weight is 381 g/mol. The average Bonchev–Trinajstić information content (AvgIpc) is 2.78. The van der Waals surface area contributed by atoms with E-state index in [9.17, 15) is 5.11 Å². The fourth-order valence-electron chi connectivity index (χ4n) is 3.99. The first-order valence-corrected chi connectivity index (χ1v) is 12.9. The molecular weight excluding hydrogens is 344 g/mol. The molecule has 1 aliphatic heterocycles. The molecule has 0 aromatic carbocycles. The van der Waals surface area contributed by atoms with Gasteiger partial charge >= 0.3 is 0 Å². The quantitative estimate of drug-likeness (QED) is 0.706. The molecule has 0 radical (unpaired) electrons. The number of hydrogen-bond acceptors (Lipinski definition) is 4. The Labute approximate surface area is 159 Å². The third kappa shape index (κ3) is 3.88. The predicted octanol–water partition coefficient (Wildman–Crippen LogP) is 4.70.